The molecule has 0 rings (SSSR count). The van der Waals surface area contributed by atoms with Gasteiger partial charge in [-0.25, -0.2) is 0 Å². The molecule has 3 nitrogen and oxygen atoms in total. The molecule has 0 aliphatic heterocycles. The molecular weight excluding hydrogens is 222 g/mol. The second kappa shape index (κ2) is 36.0. The van der Waals surface area contributed by atoms with Crippen molar-refractivity contribution >= 4 is 0 Å². The number of unbranched alkanes of at least 4 members (excludes halogenated alkanes) is 1. The number of rotatable bonds is 7. The first-order chi connectivity index (χ1) is 8.68. The molecular formula is C15H41N3. The van der Waals surface area contributed by atoms with E-state index in [4.69, 9.17) is 11.5 Å². The van der Waals surface area contributed by atoms with Crippen LogP contribution in [0.1, 0.15) is 74.1 Å². The lowest BCUT2D eigenvalue weighted by molar-refractivity contribution is 0.569. The van der Waals surface area contributed by atoms with Crippen molar-refractivity contribution in [2.24, 2.45) is 11.5 Å². The molecule has 0 aromatic carbocycles. The lowest BCUT2D eigenvalue weighted by Crippen LogP contribution is -2.24. The minimum atomic E-state index is 0.317. The summed E-state index contributed by atoms with van der Waals surface area (Å²) in [6, 6.07) is 0.317. The fraction of sp³-hybridized carbons (Fsp3) is 1.00. The van der Waals surface area contributed by atoms with Gasteiger partial charge in [-0.05, 0) is 45.8 Å². The van der Waals surface area contributed by atoms with Crippen LogP contribution in [0.2, 0.25) is 0 Å². The quantitative estimate of drug-likeness (QED) is 0.616. The van der Waals surface area contributed by atoms with Crippen LogP contribution in [-0.2, 0) is 0 Å². The van der Waals surface area contributed by atoms with E-state index < -0.39 is 0 Å². The van der Waals surface area contributed by atoms with Crippen LogP contribution < -0.4 is 16.8 Å². The summed E-state index contributed by atoms with van der Waals surface area (Å²) in [5.74, 6) is 0. The molecule has 3 heteroatoms. The normalized spacial score (nSPS) is 9.83. The highest BCUT2D eigenvalue weighted by molar-refractivity contribution is 4.56. The molecule has 1 unspecified atom stereocenters. The van der Waals surface area contributed by atoms with Gasteiger partial charge in [0.1, 0.15) is 0 Å². The van der Waals surface area contributed by atoms with Crippen LogP contribution in [0.4, 0.5) is 0 Å². The number of hydrogen-bond acceptors (Lipinski definition) is 3. The van der Waals surface area contributed by atoms with Gasteiger partial charge in [0.15, 0.2) is 0 Å². The fourth-order valence-electron chi connectivity index (χ4n) is 0.849. The van der Waals surface area contributed by atoms with E-state index in [1.807, 2.05) is 34.6 Å². The van der Waals surface area contributed by atoms with Gasteiger partial charge in [-0.3, -0.25) is 0 Å². The maximum atomic E-state index is 5.57. The van der Waals surface area contributed by atoms with E-state index in [-0.39, 0.29) is 0 Å². The zero-order chi connectivity index (χ0) is 15.2. The molecule has 0 aromatic rings. The molecule has 0 saturated heterocycles. The predicted molar refractivity (Wildman–Crippen MR) is 88.1 cm³/mol. The van der Waals surface area contributed by atoms with Crippen LogP contribution in [0.5, 0.6) is 0 Å². The third kappa shape index (κ3) is 56.6. The Kier molecular flexibility index (Phi) is 52.8. The average Bonchev–Trinajstić information content (AvgIpc) is 2.39. The van der Waals surface area contributed by atoms with E-state index in [0.717, 1.165) is 32.5 Å². The third-order valence-corrected chi connectivity index (χ3v) is 1.58. The van der Waals surface area contributed by atoms with Crippen molar-refractivity contribution in [2.45, 2.75) is 80.2 Å². The van der Waals surface area contributed by atoms with E-state index >= 15 is 0 Å². The van der Waals surface area contributed by atoms with Crippen molar-refractivity contribution in [1.82, 2.24) is 5.32 Å². The summed E-state index contributed by atoms with van der Waals surface area (Å²) in [5, 5.41) is 3.32. The second-order valence-electron chi connectivity index (χ2n) is 3.72. The molecule has 0 amide bonds. The first kappa shape index (κ1) is 26.4. The number of nitrogens with two attached hydrogens (primary N) is 2. The van der Waals surface area contributed by atoms with Gasteiger partial charge in [0.05, 0.1) is 0 Å². The molecule has 0 aliphatic rings. The summed E-state index contributed by atoms with van der Waals surface area (Å²) < 4.78 is 0. The summed E-state index contributed by atoms with van der Waals surface area (Å²) >= 11 is 0. The van der Waals surface area contributed by atoms with Gasteiger partial charge < -0.3 is 16.8 Å². The lowest BCUT2D eigenvalue weighted by atomic mass is 10.2. The molecule has 1 atom stereocenters. The summed E-state index contributed by atoms with van der Waals surface area (Å²) in [6.45, 7) is 17.2. The first-order valence-corrected chi connectivity index (χ1v) is 7.85. The van der Waals surface area contributed by atoms with Gasteiger partial charge in [0.2, 0.25) is 0 Å². The molecule has 0 aliphatic carbocycles. The van der Waals surface area contributed by atoms with Crippen molar-refractivity contribution in [3.8, 4) is 0 Å². The Balaban J connectivity index is -0.000000118. The Bertz CT molecular complexity index is 85.8. The third-order valence-electron chi connectivity index (χ3n) is 1.58. The number of hydrogen-bond donors (Lipinski definition) is 3. The van der Waals surface area contributed by atoms with Crippen LogP contribution in [0, 0.1) is 0 Å². The standard InChI is InChI=1S/C8H21N3.C3H8.2C2H6/c1-8(10)4-7-11-6-3-2-5-9;1-3-2;2*1-2/h8,11H,2-7,9-10H2,1H3;3H2,1-2H3;2*1-2H3. The van der Waals surface area contributed by atoms with Crippen molar-refractivity contribution in [2.75, 3.05) is 19.6 Å². The maximum Gasteiger partial charge on any atom is 0.00225 e. The van der Waals surface area contributed by atoms with Crippen molar-refractivity contribution < 1.29 is 0 Å². The summed E-state index contributed by atoms with van der Waals surface area (Å²) in [5.41, 5.74) is 10.9. The molecule has 5 N–H and O–H groups in total. The molecule has 0 saturated carbocycles. The molecule has 0 spiro atoms. The Morgan fingerprint density at radius 2 is 1.39 bits per heavy atom. The fourth-order valence-corrected chi connectivity index (χ4v) is 0.849. The summed E-state index contributed by atoms with van der Waals surface area (Å²) in [4.78, 5) is 0. The van der Waals surface area contributed by atoms with Crippen molar-refractivity contribution in [3.63, 3.8) is 0 Å². The van der Waals surface area contributed by atoms with Gasteiger partial charge in [0.25, 0.3) is 0 Å². The Hall–Kier alpha value is -0.120. The second-order valence-corrected chi connectivity index (χ2v) is 3.72. The van der Waals surface area contributed by atoms with Crippen LogP contribution in [0.3, 0.4) is 0 Å². The highest BCUT2D eigenvalue weighted by Gasteiger charge is 1.92. The van der Waals surface area contributed by atoms with Crippen LogP contribution in [0.25, 0.3) is 0 Å². The smallest absolute Gasteiger partial charge is 0.00225 e. The molecule has 0 aromatic heterocycles. The Labute approximate surface area is 117 Å². The zero-order valence-corrected chi connectivity index (χ0v) is 14.2. The van der Waals surface area contributed by atoms with Gasteiger partial charge in [-0.15, -0.1) is 0 Å². The van der Waals surface area contributed by atoms with E-state index in [1.54, 1.807) is 0 Å². The molecule has 18 heavy (non-hydrogen) atoms. The highest BCUT2D eigenvalue weighted by Crippen LogP contribution is 1.85. The Morgan fingerprint density at radius 1 is 0.944 bits per heavy atom. The zero-order valence-electron chi connectivity index (χ0n) is 14.2. The SMILES string of the molecule is CC.CC.CC(N)CCNCCCCN.CCC. The molecule has 116 valence electrons. The average molecular weight is 264 g/mol. The van der Waals surface area contributed by atoms with E-state index in [2.05, 4.69) is 19.2 Å². The van der Waals surface area contributed by atoms with Gasteiger partial charge in [-0.1, -0.05) is 48.0 Å². The monoisotopic (exact) mass is 263 g/mol. The van der Waals surface area contributed by atoms with Crippen molar-refractivity contribution in [3.05, 3.63) is 0 Å². The van der Waals surface area contributed by atoms with Crippen LogP contribution >= 0.6 is 0 Å². The Morgan fingerprint density at radius 3 is 1.72 bits per heavy atom. The molecule has 0 radical (unpaired) electrons. The van der Waals surface area contributed by atoms with Crippen LogP contribution in [-0.4, -0.2) is 25.7 Å². The predicted octanol–water partition coefficient (Wildman–Crippen LogP) is 3.52. The van der Waals surface area contributed by atoms with Gasteiger partial charge in [0, 0.05) is 6.04 Å². The van der Waals surface area contributed by atoms with Gasteiger partial charge >= 0.3 is 0 Å². The topological polar surface area (TPSA) is 64.1 Å². The molecule has 0 fully saturated rings. The van der Waals surface area contributed by atoms with Crippen molar-refractivity contribution in [1.29, 1.82) is 0 Å². The lowest BCUT2D eigenvalue weighted by Gasteiger charge is -2.05. The van der Waals surface area contributed by atoms with E-state index in [1.165, 1.54) is 12.8 Å². The van der Waals surface area contributed by atoms with E-state index in [0.29, 0.717) is 6.04 Å². The largest absolute Gasteiger partial charge is 0.330 e. The minimum absolute atomic E-state index is 0.317. The van der Waals surface area contributed by atoms with Crippen LogP contribution in [0.15, 0.2) is 0 Å². The summed E-state index contributed by atoms with van der Waals surface area (Å²) in [7, 11) is 0. The first-order valence-electron chi connectivity index (χ1n) is 7.85. The molecule has 0 bridgehead atoms. The van der Waals surface area contributed by atoms with Gasteiger partial charge in [-0.2, -0.15) is 0 Å². The maximum absolute atomic E-state index is 5.57. The molecule has 0 heterocycles. The highest BCUT2D eigenvalue weighted by atomic mass is 14.8. The number of nitrogens with one attached hydrogen (secondary N) is 1. The van der Waals surface area contributed by atoms with E-state index in [9.17, 15) is 0 Å². The minimum Gasteiger partial charge on any atom is -0.330 e. The summed E-state index contributed by atoms with van der Waals surface area (Å²) in [6.07, 6.45) is 4.60.